The number of fused-ring (bicyclic) bond motifs is 1. The van der Waals surface area contributed by atoms with Gasteiger partial charge in [0.2, 0.25) is 0 Å². The van der Waals surface area contributed by atoms with Gasteiger partial charge in [0, 0.05) is 12.3 Å². The summed E-state index contributed by atoms with van der Waals surface area (Å²) in [7, 11) is 0. The molecular weight excluding hydrogens is 304 g/mol. The molecule has 2 aliphatic heterocycles. The van der Waals surface area contributed by atoms with Crippen molar-refractivity contribution in [3.63, 3.8) is 0 Å². The number of aliphatic imine (C=N–C) groups is 1. The second kappa shape index (κ2) is 8.49. The van der Waals surface area contributed by atoms with Crippen LogP contribution in [0.25, 0.3) is 0 Å². The summed E-state index contributed by atoms with van der Waals surface area (Å²) in [6.07, 6.45) is 2.23. The van der Waals surface area contributed by atoms with Crippen LogP contribution < -0.4 is 0 Å². The standard InChI is InChI=1S/C15H28N2O4S/c1-2-3-4-5-6-7-8-16-15-17-10(9-22-15)11(18)12(19)13(20)14(17)21/h10-14,18-21H,2-9H2,1H3/t10-,11+,12-,13+,14+/m0/s1. The van der Waals surface area contributed by atoms with Gasteiger partial charge in [0.1, 0.15) is 18.3 Å². The number of thioether (sulfide) groups is 1. The highest BCUT2D eigenvalue weighted by atomic mass is 32.2. The van der Waals surface area contributed by atoms with Crippen molar-refractivity contribution in [2.24, 2.45) is 4.99 Å². The average molecular weight is 332 g/mol. The number of unbranched alkanes of at least 4 members (excludes halogenated alkanes) is 5. The van der Waals surface area contributed by atoms with Gasteiger partial charge in [-0.15, -0.1) is 0 Å². The van der Waals surface area contributed by atoms with Gasteiger partial charge < -0.3 is 25.3 Å². The van der Waals surface area contributed by atoms with Gasteiger partial charge in [-0.3, -0.25) is 4.99 Å². The molecule has 0 aromatic rings. The third kappa shape index (κ3) is 3.94. The molecule has 0 amide bonds. The summed E-state index contributed by atoms with van der Waals surface area (Å²) in [5, 5.41) is 40.3. The van der Waals surface area contributed by atoms with Crippen LogP contribution in [0.5, 0.6) is 0 Å². The molecule has 22 heavy (non-hydrogen) atoms. The maximum Gasteiger partial charge on any atom is 0.161 e. The Labute approximate surface area is 136 Å². The molecule has 2 saturated heterocycles. The van der Waals surface area contributed by atoms with E-state index in [2.05, 4.69) is 11.9 Å². The molecule has 0 spiro atoms. The maximum atomic E-state index is 10.1. The van der Waals surface area contributed by atoms with Crippen molar-refractivity contribution in [2.75, 3.05) is 12.3 Å². The fourth-order valence-corrected chi connectivity index (χ4v) is 4.25. The van der Waals surface area contributed by atoms with E-state index in [-0.39, 0.29) is 6.04 Å². The Balaban J connectivity index is 1.84. The predicted octanol–water partition coefficient (Wildman–Crippen LogP) is 0.535. The minimum absolute atomic E-state index is 0.387. The second-order valence-corrected chi connectivity index (χ2v) is 7.09. The van der Waals surface area contributed by atoms with Gasteiger partial charge >= 0.3 is 0 Å². The minimum Gasteiger partial charge on any atom is -0.388 e. The summed E-state index contributed by atoms with van der Waals surface area (Å²) in [4.78, 5) is 6.07. The summed E-state index contributed by atoms with van der Waals surface area (Å²) in [5.74, 6) is 0.567. The Bertz CT molecular complexity index is 383. The Hall–Kier alpha value is -0.340. The van der Waals surface area contributed by atoms with Crippen LogP contribution >= 0.6 is 11.8 Å². The molecule has 5 atom stereocenters. The van der Waals surface area contributed by atoms with E-state index >= 15 is 0 Å². The maximum absolute atomic E-state index is 10.1. The molecule has 2 aliphatic rings. The largest absolute Gasteiger partial charge is 0.388 e. The van der Waals surface area contributed by atoms with E-state index in [0.29, 0.717) is 17.5 Å². The molecule has 0 aromatic carbocycles. The van der Waals surface area contributed by atoms with Crippen LogP contribution in [0.1, 0.15) is 45.4 Å². The zero-order valence-electron chi connectivity index (χ0n) is 13.1. The molecule has 2 rings (SSSR count). The van der Waals surface area contributed by atoms with Gasteiger partial charge in [-0.25, -0.2) is 0 Å². The minimum atomic E-state index is -1.37. The molecule has 128 valence electrons. The van der Waals surface area contributed by atoms with E-state index in [1.54, 1.807) is 4.90 Å². The fraction of sp³-hybridized carbons (Fsp3) is 0.933. The van der Waals surface area contributed by atoms with Crippen LogP contribution in [-0.2, 0) is 0 Å². The first-order valence-electron chi connectivity index (χ1n) is 8.25. The monoisotopic (exact) mass is 332 g/mol. The zero-order valence-corrected chi connectivity index (χ0v) is 14.0. The number of nitrogens with zero attached hydrogens (tertiary/aromatic N) is 2. The first kappa shape index (κ1) is 18.0. The lowest BCUT2D eigenvalue weighted by Crippen LogP contribution is -2.65. The number of amidine groups is 1. The molecular formula is C15H28N2O4S. The molecule has 0 saturated carbocycles. The first-order chi connectivity index (χ1) is 10.6. The van der Waals surface area contributed by atoms with Crippen LogP contribution in [0.3, 0.4) is 0 Å². The lowest BCUT2D eigenvalue weighted by atomic mass is 9.94. The van der Waals surface area contributed by atoms with Crippen molar-refractivity contribution in [2.45, 2.75) is 76.0 Å². The molecule has 0 aromatic heterocycles. The van der Waals surface area contributed by atoms with Crippen LogP contribution in [0, 0.1) is 0 Å². The normalized spacial score (nSPS) is 36.9. The van der Waals surface area contributed by atoms with E-state index in [9.17, 15) is 20.4 Å². The molecule has 6 nitrogen and oxygen atoms in total. The summed E-state index contributed by atoms with van der Waals surface area (Å²) in [6.45, 7) is 2.89. The van der Waals surface area contributed by atoms with Crippen LogP contribution in [0.2, 0.25) is 0 Å². The second-order valence-electron chi connectivity index (χ2n) is 6.10. The SMILES string of the molecule is CCCCCCCCN=C1SC[C@H]2[C@@H](O)[C@H](O)[C@@H](O)[C@@H](O)N12. The molecule has 0 unspecified atom stereocenters. The molecule has 2 fully saturated rings. The first-order valence-corrected chi connectivity index (χ1v) is 9.24. The molecule has 0 bridgehead atoms. The van der Waals surface area contributed by atoms with Crippen molar-refractivity contribution >= 4 is 16.9 Å². The van der Waals surface area contributed by atoms with Crippen molar-refractivity contribution in [1.82, 2.24) is 4.90 Å². The predicted molar refractivity (Wildman–Crippen MR) is 87.8 cm³/mol. The van der Waals surface area contributed by atoms with Gasteiger partial charge in [0.05, 0.1) is 6.04 Å². The summed E-state index contributed by atoms with van der Waals surface area (Å²) in [6, 6.07) is -0.387. The molecule has 0 aliphatic carbocycles. The fourth-order valence-electron chi connectivity index (χ4n) is 2.99. The van der Waals surface area contributed by atoms with Gasteiger partial charge in [-0.2, -0.15) is 0 Å². The lowest BCUT2D eigenvalue weighted by molar-refractivity contribution is -0.190. The highest BCUT2D eigenvalue weighted by molar-refractivity contribution is 8.14. The van der Waals surface area contributed by atoms with Gasteiger partial charge in [0.15, 0.2) is 11.4 Å². The van der Waals surface area contributed by atoms with Crippen molar-refractivity contribution in [1.29, 1.82) is 0 Å². The summed E-state index contributed by atoms with van der Waals surface area (Å²) >= 11 is 1.46. The number of hydrogen-bond acceptors (Lipinski definition) is 6. The molecule has 0 radical (unpaired) electrons. The van der Waals surface area contributed by atoms with Crippen LogP contribution in [0.4, 0.5) is 0 Å². The highest BCUT2D eigenvalue weighted by Gasteiger charge is 2.51. The quantitative estimate of drug-likeness (QED) is 0.508. The average Bonchev–Trinajstić information content (AvgIpc) is 2.94. The van der Waals surface area contributed by atoms with E-state index in [1.165, 1.54) is 37.4 Å². The van der Waals surface area contributed by atoms with Crippen molar-refractivity contribution in [3.05, 3.63) is 0 Å². The number of hydrogen-bond donors (Lipinski definition) is 4. The zero-order chi connectivity index (χ0) is 16.1. The molecule has 4 N–H and O–H groups in total. The van der Waals surface area contributed by atoms with Gasteiger partial charge in [-0.05, 0) is 6.42 Å². The third-order valence-corrected chi connectivity index (χ3v) is 5.51. The lowest BCUT2D eigenvalue weighted by Gasteiger charge is -2.44. The van der Waals surface area contributed by atoms with Crippen LogP contribution in [-0.4, -0.2) is 73.4 Å². The Morgan fingerprint density at radius 3 is 2.41 bits per heavy atom. The third-order valence-electron chi connectivity index (χ3n) is 4.40. The van der Waals surface area contributed by atoms with E-state index < -0.39 is 24.5 Å². The van der Waals surface area contributed by atoms with Crippen molar-refractivity contribution < 1.29 is 20.4 Å². The smallest absolute Gasteiger partial charge is 0.161 e. The van der Waals surface area contributed by atoms with Crippen molar-refractivity contribution in [3.8, 4) is 0 Å². The van der Waals surface area contributed by atoms with Crippen LogP contribution in [0.15, 0.2) is 4.99 Å². The van der Waals surface area contributed by atoms with E-state index in [0.717, 1.165) is 12.8 Å². The number of piperidine rings is 1. The Morgan fingerprint density at radius 2 is 1.68 bits per heavy atom. The van der Waals surface area contributed by atoms with Gasteiger partial charge in [0.25, 0.3) is 0 Å². The molecule has 2 heterocycles. The van der Waals surface area contributed by atoms with E-state index in [1.807, 2.05) is 0 Å². The number of aliphatic hydroxyl groups is 4. The Kier molecular flexibility index (Phi) is 6.95. The topological polar surface area (TPSA) is 96.5 Å². The summed E-state index contributed by atoms with van der Waals surface area (Å²) in [5.41, 5.74) is 0. The van der Waals surface area contributed by atoms with E-state index in [4.69, 9.17) is 0 Å². The number of rotatable bonds is 7. The number of aliphatic hydroxyl groups excluding tert-OH is 4. The highest BCUT2D eigenvalue weighted by Crippen LogP contribution is 2.34. The van der Waals surface area contributed by atoms with Gasteiger partial charge in [-0.1, -0.05) is 50.8 Å². The summed E-state index contributed by atoms with van der Waals surface area (Å²) < 4.78 is 0. The molecule has 7 heteroatoms. The Morgan fingerprint density at radius 1 is 1.00 bits per heavy atom.